The highest BCUT2D eigenvalue weighted by Gasteiger charge is 2.09. The average Bonchev–Trinajstić information content (AvgIpc) is 3.04. The summed E-state index contributed by atoms with van der Waals surface area (Å²) in [6.45, 7) is 2.94. The highest BCUT2D eigenvalue weighted by molar-refractivity contribution is 7.10. The number of urea groups is 1. The Morgan fingerprint density at radius 2 is 2.09 bits per heavy atom. The van der Waals surface area contributed by atoms with E-state index in [2.05, 4.69) is 10.6 Å². The summed E-state index contributed by atoms with van der Waals surface area (Å²) >= 11 is 1.51. The number of aliphatic hydroxyl groups is 1. The Bertz CT molecular complexity index is 570. The molecule has 3 N–H and O–H groups in total. The van der Waals surface area contributed by atoms with Crippen molar-refractivity contribution in [2.45, 2.75) is 19.4 Å². The second kappa shape index (κ2) is 8.41. The quantitative estimate of drug-likeness (QED) is 0.732. The fraction of sp³-hybridized carbons (Fsp3) is 0.312. The summed E-state index contributed by atoms with van der Waals surface area (Å²) in [6.07, 6.45) is -0.0530. The maximum atomic E-state index is 11.8. The zero-order valence-corrected chi connectivity index (χ0v) is 13.2. The maximum absolute atomic E-state index is 11.8. The SMILES string of the molecule is CCOc1ccc(NC(=O)NCCC(O)c2cccs2)cc1. The van der Waals surface area contributed by atoms with Crippen molar-refractivity contribution in [2.24, 2.45) is 0 Å². The molecule has 0 spiro atoms. The molecule has 0 aliphatic carbocycles. The highest BCUT2D eigenvalue weighted by Crippen LogP contribution is 2.21. The van der Waals surface area contributed by atoms with E-state index in [0.717, 1.165) is 10.6 Å². The number of ether oxygens (including phenoxy) is 1. The number of aliphatic hydroxyl groups excluding tert-OH is 1. The van der Waals surface area contributed by atoms with Crippen molar-refractivity contribution in [3.8, 4) is 5.75 Å². The molecule has 0 radical (unpaired) electrons. The number of hydrogen-bond donors (Lipinski definition) is 3. The maximum Gasteiger partial charge on any atom is 0.319 e. The minimum absolute atomic E-state index is 0.289. The van der Waals surface area contributed by atoms with Gasteiger partial charge in [-0.1, -0.05) is 6.07 Å². The third-order valence-corrected chi connectivity index (χ3v) is 3.97. The molecular formula is C16H20N2O3S. The molecule has 2 amide bonds. The van der Waals surface area contributed by atoms with Gasteiger partial charge in [-0.3, -0.25) is 0 Å². The first-order chi connectivity index (χ1) is 10.7. The zero-order chi connectivity index (χ0) is 15.8. The Hall–Kier alpha value is -2.05. The van der Waals surface area contributed by atoms with Crippen molar-refractivity contribution < 1.29 is 14.6 Å². The summed E-state index contributed by atoms with van der Waals surface area (Å²) in [7, 11) is 0. The minimum Gasteiger partial charge on any atom is -0.494 e. The lowest BCUT2D eigenvalue weighted by Gasteiger charge is -2.11. The van der Waals surface area contributed by atoms with Gasteiger partial charge in [0.1, 0.15) is 5.75 Å². The van der Waals surface area contributed by atoms with Gasteiger partial charge in [0.05, 0.1) is 12.7 Å². The molecule has 22 heavy (non-hydrogen) atoms. The number of rotatable bonds is 7. The van der Waals surface area contributed by atoms with Gasteiger partial charge in [-0.15, -0.1) is 11.3 Å². The van der Waals surface area contributed by atoms with Gasteiger partial charge in [0.25, 0.3) is 0 Å². The van der Waals surface area contributed by atoms with Gasteiger partial charge in [-0.05, 0) is 49.1 Å². The molecule has 0 aliphatic heterocycles. The van der Waals surface area contributed by atoms with E-state index in [-0.39, 0.29) is 6.03 Å². The molecule has 5 nitrogen and oxygen atoms in total. The number of thiophene rings is 1. The van der Waals surface area contributed by atoms with Crippen LogP contribution in [-0.2, 0) is 0 Å². The summed E-state index contributed by atoms with van der Waals surface area (Å²) < 4.78 is 5.34. The lowest BCUT2D eigenvalue weighted by atomic mass is 10.2. The van der Waals surface area contributed by atoms with Gasteiger partial charge in [-0.2, -0.15) is 0 Å². The molecule has 0 fully saturated rings. The third-order valence-electron chi connectivity index (χ3n) is 3.00. The molecule has 0 aliphatic rings. The van der Waals surface area contributed by atoms with Crippen LogP contribution in [0.2, 0.25) is 0 Å². The Morgan fingerprint density at radius 3 is 2.73 bits per heavy atom. The Morgan fingerprint density at radius 1 is 1.32 bits per heavy atom. The first-order valence-electron chi connectivity index (χ1n) is 7.18. The van der Waals surface area contributed by atoms with E-state index < -0.39 is 6.10 Å². The van der Waals surface area contributed by atoms with Crippen LogP contribution < -0.4 is 15.4 Å². The summed E-state index contributed by atoms with van der Waals surface area (Å²) in [5.41, 5.74) is 0.694. The second-order valence-corrected chi connectivity index (χ2v) is 5.64. The minimum atomic E-state index is -0.536. The zero-order valence-electron chi connectivity index (χ0n) is 12.4. The third kappa shape index (κ3) is 5.05. The van der Waals surface area contributed by atoms with E-state index in [1.807, 2.05) is 24.4 Å². The van der Waals surface area contributed by atoms with Gasteiger partial charge < -0.3 is 20.5 Å². The molecule has 118 valence electrons. The van der Waals surface area contributed by atoms with Crippen LogP contribution in [0, 0.1) is 0 Å². The van der Waals surface area contributed by atoms with Crippen molar-refractivity contribution in [3.05, 3.63) is 46.7 Å². The molecule has 1 heterocycles. The smallest absolute Gasteiger partial charge is 0.319 e. The summed E-state index contributed by atoms with van der Waals surface area (Å²) in [5.74, 6) is 0.771. The number of amides is 2. The van der Waals surface area contributed by atoms with Gasteiger partial charge in [0.2, 0.25) is 0 Å². The summed E-state index contributed by atoms with van der Waals surface area (Å²) in [4.78, 5) is 12.7. The lowest BCUT2D eigenvalue weighted by Crippen LogP contribution is -2.30. The molecule has 0 saturated carbocycles. The van der Waals surface area contributed by atoms with E-state index >= 15 is 0 Å². The molecule has 2 rings (SSSR count). The van der Waals surface area contributed by atoms with E-state index in [1.165, 1.54) is 11.3 Å². The average molecular weight is 320 g/mol. The monoisotopic (exact) mass is 320 g/mol. The topological polar surface area (TPSA) is 70.6 Å². The van der Waals surface area contributed by atoms with Crippen LogP contribution in [0.5, 0.6) is 5.75 Å². The molecule has 1 atom stereocenters. The Kier molecular flexibility index (Phi) is 6.24. The lowest BCUT2D eigenvalue weighted by molar-refractivity contribution is 0.171. The summed E-state index contributed by atoms with van der Waals surface area (Å²) in [5, 5.41) is 17.3. The molecule has 1 aromatic carbocycles. The van der Waals surface area contributed by atoms with E-state index in [0.29, 0.717) is 25.3 Å². The van der Waals surface area contributed by atoms with E-state index in [9.17, 15) is 9.90 Å². The Balaban J connectivity index is 1.71. The predicted molar refractivity (Wildman–Crippen MR) is 88.5 cm³/mol. The highest BCUT2D eigenvalue weighted by atomic mass is 32.1. The van der Waals surface area contributed by atoms with Crippen LogP contribution in [0.15, 0.2) is 41.8 Å². The molecule has 0 saturated heterocycles. The van der Waals surface area contributed by atoms with Gasteiger partial charge in [0.15, 0.2) is 0 Å². The van der Waals surface area contributed by atoms with Crippen molar-refractivity contribution in [3.63, 3.8) is 0 Å². The van der Waals surface area contributed by atoms with E-state index in [4.69, 9.17) is 4.74 Å². The molecule has 6 heteroatoms. The number of carbonyl (C=O) groups excluding carboxylic acids is 1. The molecule has 1 unspecified atom stereocenters. The number of anilines is 1. The largest absolute Gasteiger partial charge is 0.494 e. The molecule has 2 aromatic rings. The fourth-order valence-electron chi connectivity index (χ4n) is 1.92. The van der Waals surface area contributed by atoms with Crippen molar-refractivity contribution >= 4 is 23.1 Å². The number of benzene rings is 1. The molecule has 0 bridgehead atoms. The molecule has 1 aromatic heterocycles. The predicted octanol–water partition coefficient (Wildman–Crippen LogP) is 3.39. The van der Waals surface area contributed by atoms with Crippen molar-refractivity contribution in [1.29, 1.82) is 0 Å². The van der Waals surface area contributed by atoms with Crippen molar-refractivity contribution in [1.82, 2.24) is 5.32 Å². The van der Waals surface area contributed by atoms with Crippen LogP contribution in [0.4, 0.5) is 10.5 Å². The van der Waals surface area contributed by atoms with Gasteiger partial charge in [-0.25, -0.2) is 4.79 Å². The van der Waals surface area contributed by atoms with Crippen LogP contribution >= 0.6 is 11.3 Å². The van der Waals surface area contributed by atoms with Crippen LogP contribution in [0.3, 0.4) is 0 Å². The van der Waals surface area contributed by atoms with Gasteiger partial charge >= 0.3 is 6.03 Å². The Labute approximate surface area is 133 Å². The number of hydrogen-bond acceptors (Lipinski definition) is 4. The first-order valence-corrected chi connectivity index (χ1v) is 8.06. The van der Waals surface area contributed by atoms with Crippen LogP contribution in [-0.4, -0.2) is 24.3 Å². The normalized spacial score (nSPS) is 11.7. The van der Waals surface area contributed by atoms with Crippen LogP contribution in [0.25, 0.3) is 0 Å². The molecular weight excluding hydrogens is 300 g/mol. The number of carbonyl (C=O) groups is 1. The van der Waals surface area contributed by atoms with Crippen LogP contribution in [0.1, 0.15) is 24.3 Å². The van der Waals surface area contributed by atoms with Crippen molar-refractivity contribution in [2.75, 3.05) is 18.5 Å². The van der Waals surface area contributed by atoms with E-state index in [1.54, 1.807) is 24.3 Å². The summed E-state index contributed by atoms with van der Waals surface area (Å²) in [6, 6.07) is 10.7. The number of nitrogens with one attached hydrogen (secondary N) is 2. The standard InChI is InChI=1S/C16H20N2O3S/c1-2-21-13-7-5-12(6-8-13)18-16(20)17-10-9-14(19)15-4-3-11-22-15/h3-8,11,14,19H,2,9-10H2,1H3,(H2,17,18,20). The fourth-order valence-corrected chi connectivity index (χ4v) is 2.67. The second-order valence-electron chi connectivity index (χ2n) is 4.66. The first kappa shape index (κ1) is 16.3. The van der Waals surface area contributed by atoms with Gasteiger partial charge in [0, 0.05) is 17.1 Å².